The fourth-order valence-corrected chi connectivity index (χ4v) is 1.97. The second-order valence-electron chi connectivity index (χ2n) is 4.54. The highest BCUT2D eigenvalue weighted by Gasteiger charge is 2.05. The first kappa shape index (κ1) is 13.1. The quantitative estimate of drug-likeness (QED) is 0.846. The first-order valence-electron chi connectivity index (χ1n) is 6.18. The summed E-state index contributed by atoms with van der Waals surface area (Å²) in [5.74, 6) is -0.359. The minimum Gasteiger partial charge on any atom is -0.344 e. The molecular weight excluding hydrogens is 238 g/mol. The maximum atomic E-state index is 10.8. The van der Waals surface area contributed by atoms with Crippen LogP contribution in [0.1, 0.15) is 18.1 Å². The Labute approximate surface area is 113 Å². The molecule has 0 saturated heterocycles. The van der Waals surface area contributed by atoms with E-state index in [-0.39, 0.29) is 5.97 Å². The van der Waals surface area contributed by atoms with E-state index in [1.807, 2.05) is 31.2 Å². The number of aryl methyl sites for hydroxylation is 2. The van der Waals surface area contributed by atoms with Crippen LogP contribution in [0, 0.1) is 13.8 Å². The summed E-state index contributed by atoms with van der Waals surface area (Å²) in [5.41, 5.74) is 8.09. The number of benzene rings is 2. The van der Waals surface area contributed by atoms with Crippen molar-refractivity contribution in [3.05, 3.63) is 53.6 Å². The molecular formula is C16H17NO2. The Bertz CT molecular complexity index is 605. The minimum atomic E-state index is -0.359. The molecule has 0 heterocycles. The van der Waals surface area contributed by atoms with Crippen molar-refractivity contribution in [2.45, 2.75) is 20.8 Å². The van der Waals surface area contributed by atoms with Crippen LogP contribution in [-0.2, 0) is 9.63 Å². The standard InChI is InChI=1S/C16H17NO2/c1-11-6-4-5-7-15(11)14-8-9-16(12(2)10-14)17-19-13(3)18/h4-10,17H,1-3H3. The fraction of sp³-hybridized carbons (Fsp3) is 0.188. The third kappa shape index (κ3) is 3.13. The summed E-state index contributed by atoms with van der Waals surface area (Å²) < 4.78 is 0. The molecule has 0 atom stereocenters. The SMILES string of the molecule is CC(=O)ONc1ccc(-c2ccccc2C)cc1C. The number of carbonyl (C=O) groups excluding carboxylic acids is 1. The van der Waals surface area contributed by atoms with Gasteiger partial charge < -0.3 is 4.84 Å². The average molecular weight is 255 g/mol. The van der Waals surface area contributed by atoms with Crippen molar-refractivity contribution < 1.29 is 9.63 Å². The van der Waals surface area contributed by atoms with Gasteiger partial charge in [-0.1, -0.05) is 30.3 Å². The predicted octanol–water partition coefficient (Wildman–Crippen LogP) is 3.86. The molecule has 98 valence electrons. The van der Waals surface area contributed by atoms with Crippen LogP contribution >= 0.6 is 0 Å². The molecule has 0 aromatic heterocycles. The van der Waals surface area contributed by atoms with Gasteiger partial charge in [0.1, 0.15) is 0 Å². The summed E-state index contributed by atoms with van der Waals surface area (Å²) in [5, 5.41) is 0. The van der Waals surface area contributed by atoms with E-state index in [0.29, 0.717) is 0 Å². The molecule has 2 aromatic carbocycles. The molecule has 1 N–H and O–H groups in total. The van der Waals surface area contributed by atoms with Gasteiger partial charge in [0.25, 0.3) is 0 Å². The smallest absolute Gasteiger partial charge is 0.329 e. The molecule has 0 radical (unpaired) electrons. The summed E-state index contributed by atoms with van der Waals surface area (Å²) in [6.07, 6.45) is 0. The Hall–Kier alpha value is -2.29. The van der Waals surface area contributed by atoms with Crippen LogP contribution in [0.4, 0.5) is 5.69 Å². The molecule has 3 nitrogen and oxygen atoms in total. The average Bonchev–Trinajstić information content (AvgIpc) is 2.37. The molecule has 0 amide bonds. The summed E-state index contributed by atoms with van der Waals surface area (Å²) >= 11 is 0. The maximum Gasteiger partial charge on any atom is 0.329 e. The summed E-state index contributed by atoms with van der Waals surface area (Å²) in [4.78, 5) is 15.6. The van der Waals surface area contributed by atoms with Crippen LogP contribution in [0.15, 0.2) is 42.5 Å². The lowest BCUT2D eigenvalue weighted by atomic mass is 9.99. The van der Waals surface area contributed by atoms with Crippen molar-refractivity contribution >= 4 is 11.7 Å². The fourth-order valence-electron chi connectivity index (χ4n) is 1.97. The molecule has 0 aliphatic carbocycles. The minimum absolute atomic E-state index is 0.359. The highest BCUT2D eigenvalue weighted by molar-refractivity contribution is 5.72. The van der Waals surface area contributed by atoms with Crippen LogP contribution in [0.2, 0.25) is 0 Å². The van der Waals surface area contributed by atoms with Gasteiger partial charge in [-0.05, 0) is 48.2 Å². The van der Waals surface area contributed by atoms with Gasteiger partial charge in [0.05, 0.1) is 5.69 Å². The Morgan fingerprint density at radius 3 is 2.42 bits per heavy atom. The Morgan fingerprint density at radius 1 is 1.05 bits per heavy atom. The topological polar surface area (TPSA) is 38.3 Å². The molecule has 2 rings (SSSR count). The largest absolute Gasteiger partial charge is 0.344 e. The van der Waals surface area contributed by atoms with E-state index in [1.54, 1.807) is 0 Å². The van der Waals surface area contributed by atoms with E-state index < -0.39 is 0 Å². The molecule has 3 heteroatoms. The van der Waals surface area contributed by atoms with Gasteiger partial charge in [-0.3, -0.25) is 4.79 Å². The normalized spacial score (nSPS) is 10.1. The summed E-state index contributed by atoms with van der Waals surface area (Å²) in [6, 6.07) is 14.3. The van der Waals surface area contributed by atoms with Gasteiger partial charge in [-0.15, -0.1) is 0 Å². The van der Waals surface area contributed by atoms with E-state index >= 15 is 0 Å². The first-order chi connectivity index (χ1) is 9.08. The van der Waals surface area contributed by atoms with E-state index in [1.165, 1.54) is 18.1 Å². The molecule has 0 aliphatic heterocycles. The molecule has 0 bridgehead atoms. The molecule has 0 unspecified atom stereocenters. The van der Waals surface area contributed by atoms with E-state index in [4.69, 9.17) is 4.84 Å². The first-order valence-corrected chi connectivity index (χ1v) is 6.18. The highest BCUT2D eigenvalue weighted by Crippen LogP contribution is 2.27. The Balaban J connectivity index is 2.29. The number of anilines is 1. The number of carbonyl (C=O) groups is 1. The van der Waals surface area contributed by atoms with Crippen LogP contribution in [0.3, 0.4) is 0 Å². The number of hydrogen-bond acceptors (Lipinski definition) is 3. The molecule has 0 spiro atoms. The molecule has 2 aromatic rings. The van der Waals surface area contributed by atoms with Gasteiger partial charge >= 0.3 is 5.97 Å². The second-order valence-corrected chi connectivity index (χ2v) is 4.54. The van der Waals surface area contributed by atoms with Gasteiger partial charge in [-0.25, -0.2) is 5.48 Å². The van der Waals surface area contributed by atoms with Gasteiger partial charge in [0.15, 0.2) is 0 Å². The van der Waals surface area contributed by atoms with Crippen LogP contribution < -0.4 is 5.48 Å². The summed E-state index contributed by atoms with van der Waals surface area (Å²) in [6.45, 7) is 5.44. The molecule has 19 heavy (non-hydrogen) atoms. The van der Waals surface area contributed by atoms with Crippen molar-refractivity contribution in [2.75, 3.05) is 5.48 Å². The zero-order valence-corrected chi connectivity index (χ0v) is 11.4. The molecule has 0 fully saturated rings. The van der Waals surface area contributed by atoms with Crippen molar-refractivity contribution in [1.29, 1.82) is 0 Å². The van der Waals surface area contributed by atoms with Gasteiger partial charge in [0.2, 0.25) is 0 Å². The Morgan fingerprint density at radius 2 is 1.79 bits per heavy atom. The predicted molar refractivity (Wildman–Crippen MR) is 76.7 cm³/mol. The van der Waals surface area contributed by atoms with Gasteiger partial charge in [0, 0.05) is 6.92 Å². The van der Waals surface area contributed by atoms with Crippen LogP contribution in [0.25, 0.3) is 11.1 Å². The Kier molecular flexibility index (Phi) is 3.85. The molecule has 0 saturated carbocycles. The monoisotopic (exact) mass is 255 g/mol. The van der Waals surface area contributed by atoms with Crippen molar-refractivity contribution in [3.63, 3.8) is 0 Å². The van der Waals surface area contributed by atoms with Crippen LogP contribution in [-0.4, -0.2) is 5.97 Å². The van der Waals surface area contributed by atoms with Crippen molar-refractivity contribution in [2.24, 2.45) is 0 Å². The molecule has 0 aliphatic rings. The lowest BCUT2D eigenvalue weighted by Gasteiger charge is -2.11. The number of nitrogens with one attached hydrogen (secondary N) is 1. The lowest BCUT2D eigenvalue weighted by Crippen LogP contribution is -2.07. The van der Waals surface area contributed by atoms with E-state index in [9.17, 15) is 4.79 Å². The summed E-state index contributed by atoms with van der Waals surface area (Å²) in [7, 11) is 0. The highest BCUT2D eigenvalue weighted by atomic mass is 16.7. The van der Waals surface area contributed by atoms with Gasteiger partial charge in [-0.2, -0.15) is 0 Å². The number of hydrogen-bond donors (Lipinski definition) is 1. The maximum absolute atomic E-state index is 10.8. The van der Waals surface area contributed by atoms with Crippen LogP contribution in [0.5, 0.6) is 0 Å². The number of rotatable bonds is 3. The third-order valence-electron chi connectivity index (χ3n) is 2.99. The zero-order chi connectivity index (χ0) is 13.8. The lowest BCUT2D eigenvalue weighted by molar-refractivity contribution is -0.138. The van der Waals surface area contributed by atoms with Crippen molar-refractivity contribution in [3.8, 4) is 11.1 Å². The zero-order valence-electron chi connectivity index (χ0n) is 11.4. The van der Waals surface area contributed by atoms with E-state index in [2.05, 4.69) is 30.6 Å². The van der Waals surface area contributed by atoms with Crippen molar-refractivity contribution in [1.82, 2.24) is 0 Å². The van der Waals surface area contributed by atoms with E-state index in [0.717, 1.165) is 16.8 Å². The third-order valence-corrected chi connectivity index (χ3v) is 2.99. The second kappa shape index (κ2) is 5.57.